The van der Waals surface area contributed by atoms with Gasteiger partial charge in [0.2, 0.25) is 0 Å². The van der Waals surface area contributed by atoms with Crippen molar-refractivity contribution in [2.45, 2.75) is 10.9 Å². The first kappa shape index (κ1) is 10.6. The van der Waals surface area contributed by atoms with E-state index < -0.39 is 6.04 Å². The largest absolute Gasteiger partial charge is 0.315 e. The summed E-state index contributed by atoms with van der Waals surface area (Å²) in [6.07, 6.45) is 0. The molecular weight excluding hydrogens is 248 g/mol. The molecule has 1 aromatic rings. The van der Waals surface area contributed by atoms with Crippen LogP contribution in [0, 0.1) is 11.3 Å². The lowest BCUT2D eigenvalue weighted by Gasteiger charge is -2.04. The third-order valence-corrected chi connectivity index (χ3v) is 3.57. The van der Waals surface area contributed by atoms with Crippen LogP contribution in [0.25, 0.3) is 0 Å². The standard InChI is InChI=1S/C9H9BrN2S/c10-8-3-1-2-4-9(8)13-6-7(12)5-11/h1-4,7H,6,12H2. The number of rotatable bonds is 3. The molecule has 0 aliphatic heterocycles. The van der Waals surface area contributed by atoms with Crippen molar-refractivity contribution in [1.82, 2.24) is 0 Å². The third kappa shape index (κ3) is 3.39. The van der Waals surface area contributed by atoms with Crippen LogP contribution >= 0.6 is 27.7 Å². The van der Waals surface area contributed by atoms with Crippen LogP contribution in [0.1, 0.15) is 0 Å². The summed E-state index contributed by atoms with van der Waals surface area (Å²) in [5.74, 6) is 0.624. The molecular formula is C9H9BrN2S. The van der Waals surface area contributed by atoms with E-state index in [-0.39, 0.29) is 0 Å². The number of thioether (sulfide) groups is 1. The Kier molecular flexibility index (Phi) is 4.29. The normalized spacial score (nSPS) is 12.1. The molecule has 4 heteroatoms. The molecule has 0 spiro atoms. The maximum Gasteiger partial charge on any atom is 0.102 e. The lowest BCUT2D eigenvalue weighted by atomic mass is 10.4. The molecule has 0 amide bonds. The molecule has 0 bridgehead atoms. The van der Waals surface area contributed by atoms with Gasteiger partial charge in [0.25, 0.3) is 0 Å². The van der Waals surface area contributed by atoms with Crippen molar-refractivity contribution >= 4 is 27.7 Å². The molecule has 0 aliphatic rings. The van der Waals surface area contributed by atoms with Crippen LogP contribution in [0.3, 0.4) is 0 Å². The lowest BCUT2D eigenvalue weighted by molar-refractivity contribution is 0.953. The minimum atomic E-state index is -0.392. The zero-order valence-corrected chi connectivity index (χ0v) is 9.31. The molecule has 1 rings (SSSR count). The predicted molar refractivity (Wildman–Crippen MR) is 58.5 cm³/mol. The number of hydrogen-bond acceptors (Lipinski definition) is 3. The monoisotopic (exact) mass is 256 g/mol. The average molecular weight is 257 g/mol. The molecule has 0 aromatic heterocycles. The molecule has 0 aliphatic carbocycles. The molecule has 13 heavy (non-hydrogen) atoms. The van der Waals surface area contributed by atoms with Crippen molar-refractivity contribution in [1.29, 1.82) is 5.26 Å². The fraction of sp³-hybridized carbons (Fsp3) is 0.222. The van der Waals surface area contributed by atoms with E-state index in [1.54, 1.807) is 11.8 Å². The quantitative estimate of drug-likeness (QED) is 0.846. The second kappa shape index (κ2) is 5.28. The number of nitriles is 1. The fourth-order valence-corrected chi connectivity index (χ4v) is 2.22. The Hall–Kier alpha value is -0.500. The summed E-state index contributed by atoms with van der Waals surface area (Å²) >= 11 is 5.01. The number of benzene rings is 1. The maximum atomic E-state index is 8.48. The molecule has 0 fully saturated rings. The average Bonchev–Trinajstić information content (AvgIpc) is 2.16. The van der Waals surface area contributed by atoms with Gasteiger partial charge in [0.15, 0.2) is 0 Å². The van der Waals surface area contributed by atoms with Gasteiger partial charge in [-0.3, -0.25) is 0 Å². The Morgan fingerprint density at radius 3 is 2.85 bits per heavy atom. The summed E-state index contributed by atoms with van der Waals surface area (Å²) < 4.78 is 1.05. The molecule has 1 atom stereocenters. The van der Waals surface area contributed by atoms with Gasteiger partial charge in [0, 0.05) is 15.1 Å². The van der Waals surface area contributed by atoms with E-state index in [9.17, 15) is 0 Å². The number of hydrogen-bond donors (Lipinski definition) is 1. The first-order valence-electron chi connectivity index (χ1n) is 3.76. The van der Waals surface area contributed by atoms with Gasteiger partial charge in [0.05, 0.1) is 6.07 Å². The fourth-order valence-electron chi connectivity index (χ4n) is 0.779. The highest BCUT2D eigenvalue weighted by molar-refractivity contribution is 9.10. The molecule has 0 saturated heterocycles. The summed E-state index contributed by atoms with van der Waals surface area (Å²) in [6, 6.07) is 9.50. The highest BCUT2D eigenvalue weighted by atomic mass is 79.9. The Bertz CT molecular complexity index is 322. The Balaban J connectivity index is 2.56. The van der Waals surface area contributed by atoms with E-state index >= 15 is 0 Å². The lowest BCUT2D eigenvalue weighted by Crippen LogP contribution is -2.19. The molecule has 68 valence electrons. The topological polar surface area (TPSA) is 49.8 Å². The van der Waals surface area contributed by atoms with Crippen LogP contribution in [0.15, 0.2) is 33.6 Å². The molecule has 1 aromatic carbocycles. The van der Waals surface area contributed by atoms with Crippen molar-refractivity contribution in [2.24, 2.45) is 5.73 Å². The smallest absolute Gasteiger partial charge is 0.102 e. The Morgan fingerprint density at radius 2 is 2.23 bits per heavy atom. The van der Waals surface area contributed by atoms with Crippen LogP contribution in [-0.4, -0.2) is 11.8 Å². The SMILES string of the molecule is N#CC(N)CSc1ccccc1Br. The highest BCUT2D eigenvalue weighted by Crippen LogP contribution is 2.26. The van der Waals surface area contributed by atoms with Gasteiger partial charge in [-0.2, -0.15) is 5.26 Å². The number of halogens is 1. The highest BCUT2D eigenvalue weighted by Gasteiger charge is 2.03. The maximum absolute atomic E-state index is 8.48. The van der Waals surface area contributed by atoms with E-state index in [0.29, 0.717) is 5.75 Å². The van der Waals surface area contributed by atoms with Gasteiger partial charge in [-0.25, -0.2) is 0 Å². The van der Waals surface area contributed by atoms with Crippen molar-refractivity contribution in [3.63, 3.8) is 0 Å². The van der Waals surface area contributed by atoms with E-state index in [2.05, 4.69) is 15.9 Å². The first-order chi connectivity index (χ1) is 6.24. The second-order valence-electron chi connectivity index (χ2n) is 2.48. The predicted octanol–water partition coefficient (Wildman–Crippen LogP) is 2.39. The van der Waals surface area contributed by atoms with Crippen LogP contribution in [-0.2, 0) is 0 Å². The molecule has 0 saturated carbocycles. The van der Waals surface area contributed by atoms with Crippen LogP contribution in [0.5, 0.6) is 0 Å². The van der Waals surface area contributed by atoms with Crippen molar-refractivity contribution in [3.8, 4) is 6.07 Å². The zero-order chi connectivity index (χ0) is 9.68. The Morgan fingerprint density at radius 1 is 1.54 bits per heavy atom. The van der Waals surface area contributed by atoms with Crippen molar-refractivity contribution in [2.75, 3.05) is 5.75 Å². The molecule has 1 unspecified atom stereocenters. The summed E-state index contributed by atoms with van der Waals surface area (Å²) in [5.41, 5.74) is 5.47. The molecule has 0 heterocycles. The minimum absolute atomic E-state index is 0.392. The van der Waals surface area contributed by atoms with Crippen LogP contribution in [0.4, 0.5) is 0 Å². The van der Waals surface area contributed by atoms with Crippen molar-refractivity contribution < 1.29 is 0 Å². The minimum Gasteiger partial charge on any atom is -0.315 e. The summed E-state index contributed by atoms with van der Waals surface area (Å²) in [4.78, 5) is 1.12. The van der Waals surface area contributed by atoms with Gasteiger partial charge >= 0.3 is 0 Å². The molecule has 2 N–H and O–H groups in total. The van der Waals surface area contributed by atoms with Crippen molar-refractivity contribution in [3.05, 3.63) is 28.7 Å². The summed E-state index contributed by atoms with van der Waals surface area (Å²) in [7, 11) is 0. The third-order valence-electron chi connectivity index (χ3n) is 1.42. The van der Waals surface area contributed by atoms with Crippen LogP contribution < -0.4 is 5.73 Å². The molecule has 2 nitrogen and oxygen atoms in total. The van der Waals surface area contributed by atoms with E-state index in [1.807, 2.05) is 30.3 Å². The van der Waals surface area contributed by atoms with E-state index in [0.717, 1.165) is 9.37 Å². The molecule has 0 radical (unpaired) electrons. The van der Waals surface area contributed by atoms with Gasteiger partial charge in [0.1, 0.15) is 6.04 Å². The summed E-state index contributed by atoms with van der Waals surface area (Å²) in [6.45, 7) is 0. The Labute approximate surface area is 90.2 Å². The van der Waals surface area contributed by atoms with E-state index in [4.69, 9.17) is 11.0 Å². The summed E-state index contributed by atoms with van der Waals surface area (Å²) in [5, 5.41) is 8.48. The number of nitrogens with zero attached hydrogens (tertiary/aromatic N) is 1. The van der Waals surface area contributed by atoms with Gasteiger partial charge < -0.3 is 5.73 Å². The van der Waals surface area contributed by atoms with E-state index in [1.165, 1.54) is 0 Å². The second-order valence-corrected chi connectivity index (χ2v) is 4.39. The number of nitrogens with two attached hydrogens (primary N) is 1. The van der Waals surface area contributed by atoms with Gasteiger partial charge in [-0.1, -0.05) is 12.1 Å². The zero-order valence-electron chi connectivity index (χ0n) is 6.90. The first-order valence-corrected chi connectivity index (χ1v) is 5.54. The van der Waals surface area contributed by atoms with Gasteiger partial charge in [-0.05, 0) is 28.1 Å². The van der Waals surface area contributed by atoms with Crippen LogP contribution in [0.2, 0.25) is 0 Å². The van der Waals surface area contributed by atoms with Gasteiger partial charge in [-0.15, -0.1) is 11.8 Å².